The van der Waals surface area contributed by atoms with Crippen LogP contribution in [-0.4, -0.2) is 18.4 Å². The number of carbonyl (C=O) groups excluding carboxylic acids is 1. The number of hydrogen-bond donors (Lipinski definition) is 0. The predicted octanol–water partition coefficient (Wildman–Crippen LogP) is 3.87. The van der Waals surface area contributed by atoms with Crippen LogP contribution in [0, 0.1) is 17.3 Å². The smallest absolute Gasteiger partial charge is 0.241 e. The first-order valence-electron chi connectivity index (χ1n) is 6.81. The summed E-state index contributed by atoms with van der Waals surface area (Å²) in [6, 6.07) is 0. The molecule has 3 aliphatic carbocycles. The van der Waals surface area contributed by atoms with E-state index in [4.69, 9.17) is 4.43 Å². The molecule has 0 radical (unpaired) electrons. The van der Waals surface area contributed by atoms with Gasteiger partial charge in [0, 0.05) is 11.3 Å². The maximum absolute atomic E-state index is 12.7. The Labute approximate surface area is 118 Å². The Morgan fingerprint density at radius 3 is 2.72 bits per heavy atom. The highest BCUT2D eigenvalue weighted by atomic mass is 79.9. The van der Waals surface area contributed by atoms with Crippen LogP contribution in [0.2, 0.25) is 19.6 Å². The zero-order chi connectivity index (χ0) is 13.3. The predicted molar refractivity (Wildman–Crippen MR) is 78.1 cm³/mol. The highest BCUT2D eigenvalue weighted by Crippen LogP contribution is 2.68. The van der Waals surface area contributed by atoms with Gasteiger partial charge in [0.2, 0.25) is 8.32 Å². The van der Waals surface area contributed by atoms with E-state index in [1.807, 2.05) is 0 Å². The number of allylic oxidation sites excluding steroid dienone is 2. The number of hydrogen-bond acceptors (Lipinski definition) is 2. The van der Waals surface area contributed by atoms with Gasteiger partial charge in [0.25, 0.3) is 0 Å². The van der Waals surface area contributed by atoms with Gasteiger partial charge in [0.15, 0.2) is 5.78 Å². The second-order valence-corrected chi connectivity index (χ2v) is 13.1. The normalized spacial score (nSPS) is 46.3. The molecule has 3 aliphatic rings. The lowest BCUT2D eigenvalue weighted by Gasteiger charge is -2.36. The summed E-state index contributed by atoms with van der Waals surface area (Å²) in [4.78, 5) is 12.7. The number of rotatable bonds is 2. The Balaban J connectivity index is 2.02. The molecule has 0 aromatic rings. The highest BCUT2D eigenvalue weighted by molar-refractivity contribution is 9.10. The first kappa shape index (κ1) is 12.9. The molecule has 0 aromatic carbocycles. The van der Waals surface area contributed by atoms with Gasteiger partial charge in [-0.2, -0.15) is 0 Å². The van der Waals surface area contributed by atoms with E-state index in [1.54, 1.807) is 0 Å². The van der Waals surface area contributed by atoms with E-state index in [0.717, 1.165) is 25.0 Å². The molecule has 0 heterocycles. The molecule has 4 atom stereocenters. The molecule has 0 saturated heterocycles. The van der Waals surface area contributed by atoms with Crippen molar-refractivity contribution < 1.29 is 9.22 Å². The molecule has 0 N–H and O–H groups in total. The molecule has 0 unspecified atom stereocenters. The van der Waals surface area contributed by atoms with Gasteiger partial charge in [0.05, 0.1) is 10.1 Å². The van der Waals surface area contributed by atoms with Crippen molar-refractivity contribution in [3.8, 4) is 0 Å². The molecule has 0 amide bonds. The van der Waals surface area contributed by atoms with E-state index >= 15 is 0 Å². The van der Waals surface area contributed by atoms with Crippen LogP contribution in [0.15, 0.2) is 11.8 Å². The third-order valence-corrected chi connectivity index (χ3v) is 6.98. The van der Waals surface area contributed by atoms with Crippen LogP contribution in [0.25, 0.3) is 0 Å². The van der Waals surface area contributed by atoms with Gasteiger partial charge in [-0.25, -0.2) is 0 Å². The second kappa shape index (κ2) is 3.51. The van der Waals surface area contributed by atoms with Crippen LogP contribution < -0.4 is 0 Å². The molecule has 3 rings (SSSR count). The van der Waals surface area contributed by atoms with Gasteiger partial charge in [0.1, 0.15) is 0 Å². The van der Waals surface area contributed by atoms with E-state index in [2.05, 4.69) is 48.6 Å². The molecule has 18 heavy (non-hydrogen) atoms. The fourth-order valence-corrected chi connectivity index (χ4v) is 6.30. The van der Waals surface area contributed by atoms with Crippen LogP contribution in [0.3, 0.4) is 0 Å². The largest absolute Gasteiger partial charge is 0.547 e. The molecule has 2 saturated carbocycles. The van der Waals surface area contributed by atoms with E-state index in [0.29, 0.717) is 11.7 Å². The Morgan fingerprint density at radius 1 is 1.44 bits per heavy atom. The van der Waals surface area contributed by atoms with Crippen molar-refractivity contribution in [3.05, 3.63) is 11.8 Å². The molecule has 0 aromatic heterocycles. The lowest BCUT2D eigenvalue weighted by Crippen LogP contribution is -2.39. The summed E-state index contributed by atoms with van der Waals surface area (Å²) in [5, 5.41) is 0. The van der Waals surface area contributed by atoms with Crippen molar-refractivity contribution in [1.82, 2.24) is 0 Å². The maximum atomic E-state index is 12.7. The summed E-state index contributed by atoms with van der Waals surface area (Å²) in [5.74, 6) is 2.30. The standard InChI is InChI=1S/C14H21BrO2Si/c1-13-7-6-10(17-18(2,3)4)11-9(13)5-8-14(11,15)12(13)16/h6,9,11H,5,7-8H2,1-4H3/t9-,11+,13+,14-/m0/s1. The molecule has 100 valence electrons. The Kier molecular flexibility index (Phi) is 2.52. The molecular formula is C14H21BrO2Si. The summed E-state index contributed by atoms with van der Waals surface area (Å²) in [6.45, 7) is 8.78. The van der Waals surface area contributed by atoms with Crippen LogP contribution in [0.5, 0.6) is 0 Å². The number of carbonyl (C=O) groups is 1. The Bertz CT molecular complexity index is 453. The zero-order valence-corrected chi connectivity index (χ0v) is 14.1. The van der Waals surface area contributed by atoms with E-state index in [1.165, 1.54) is 0 Å². The SMILES string of the molecule is C[C@@]12CC=C(O[Si](C)(C)C)[C@H]3[C@@H]1CC[C@@]3(Br)C2=O. The van der Waals surface area contributed by atoms with Gasteiger partial charge in [-0.1, -0.05) is 22.9 Å². The molecule has 0 aliphatic heterocycles. The summed E-state index contributed by atoms with van der Waals surface area (Å²) in [6.07, 6.45) is 5.19. The van der Waals surface area contributed by atoms with Gasteiger partial charge >= 0.3 is 0 Å². The summed E-state index contributed by atoms with van der Waals surface area (Å²) in [7, 11) is -1.60. The third kappa shape index (κ3) is 1.48. The van der Waals surface area contributed by atoms with Crippen molar-refractivity contribution in [2.75, 3.05) is 0 Å². The van der Waals surface area contributed by atoms with Crippen molar-refractivity contribution in [2.45, 2.75) is 50.2 Å². The van der Waals surface area contributed by atoms with Crippen LogP contribution in [0.1, 0.15) is 26.2 Å². The average Bonchev–Trinajstić information content (AvgIpc) is 2.64. The summed E-state index contributed by atoms with van der Waals surface area (Å²) >= 11 is 3.79. The lowest BCUT2D eigenvalue weighted by atomic mass is 9.69. The number of alkyl halides is 1. The van der Waals surface area contributed by atoms with Crippen molar-refractivity contribution in [3.63, 3.8) is 0 Å². The first-order chi connectivity index (χ1) is 8.18. The number of ketones is 1. The van der Waals surface area contributed by atoms with Crippen LogP contribution in [0.4, 0.5) is 0 Å². The minimum Gasteiger partial charge on any atom is -0.547 e. The van der Waals surface area contributed by atoms with Crippen LogP contribution >= 0.6 is 15.9 Å². The van der Waals surface area contributed by atoms with Gasteiger partial charge < -0.3 is 4.43 Å². The van der Waals surface area contributed by atoms with Gasteiger partial charge in [-0.05, 0) is 50.9 Å². The van der Waals surface area contributed by atoms with Crippen molar-refractivity contribution >= 4 is 30.0 Å². The summed E-state index contributed by atoms with van der Waals surface area (Å²) < 4.78 is 5.94. The second-order valence-electron chi connectivity index (χ2n) is 7.26. The first-order valence-corrected chi connectivity index (χ1v) is 11.0. The minimum atomic E-state index is -1.60. The van der Waals surface area contributed by atoms with Crippen LogP contribution in [-0.2, 0) is 9.22 Å². The Morgan fingerprint density at radius 2 is 2.11 bits per heavy atom. The van der Waals surface area contributed by atoms with E-state index < -0.39 is 8.32 Å². The maximum Gasteiger partial charge on any atom is 0.241 e. The highest BCUT2D eigenvalue weighted by Gasteiger charge is 2.70. The zero-order valence-electron chi connectivity index (χ0n) is 11.5. The quantitative estimate of drug-likeness (QED) is 0.568. The average molecular weight is 329 g/mol. The number of halogens is 1. The van der Waals surface area contributed by atoms with E-state index in [9.17, 15) is 4.79 Å². The van der Waals surface area contributed by atoms with Gasteiger partial charge in [-0.15, -0.1) is 0 Å². The van der Waals surface area contributed by atoms with Gasteiger partial charge in [-0.3, -0.25) is 4.79 Å². The molecule has 2 nitrogen and oxygen atoms in total. The molecule has 2 fully saturated rings. The molecular weight excluding hydrogens is 308 g/mol. The van der Waals surface area contributed by atoms with Crippen molar-refractivity contribution in [2.24, 2.45) is 17.3 Å². The van der Waals surface area contributed by atoms with Crippen molar-refractivity contribution in [1.29, 1.82) is 0 Å². The lowest BCUT2D eigenvalue weighted by molar-refractivity contribution is -0.129. The topological polar surface area (TPSA) is 26.3 Å². The molecule has 0 spiro atoms. The fourth-order valence-electron chi connectivity index (χ4n) is 4.16. The Hall–Kier alpha value is -0.0931. The monoisotopic (exact) mass is 328 g/mol. The summed E-state index contributed by atoms with van der Waals surface area (Å²) in [5.41, 5.74) is -0.140. The van der Waals surface area contributed by atoms with E-state index in [-0.39, 0.29) is 15.7 Å². The number of Topliss-reactive ketones (excluding diaryl/α,β-unsaturated/α-hetero) is 1. The third-order valence-electron chi connectivity index (χ3n) is 4.89. The molecule has 4 bridgehead atoms. The minimum absolute atomic E-state index is 0.140. The fraction of sp³-hybridized carbons (Fsp3) is 0.786. The molecule has 4 heteroatoms.